The molecule has 0 saturated heterocycles. The predicted octanol–water partition coefficient (Wildman–Crippen LogP) is 4.79. The Morgan fingerprint density at radius 2 is 2.12 bits per heavy atom. The standard InChI is InChI=1S/C14H23NS/c1-4-5-6-8-12(2)15-13-9-7-10-14(11-13)16-3/h7,9-12,15H,4-6,8H2,1-3H3. The number of benzene rings is 1. The summed E-state index contributed by atoms with van der Waals surface area (Å²) in [7, 11) is 0. The summed E-state index contributed by atoms with van der Waals surface area (Å²) in [4.78, 5) is 1.32. The molecule has 1 N–H and O–H groups in total. The second-order valence-corrected chi connectivity index (χ2v) is 5.15. The molecule has 0 aliphatic carbocycles. The average Bonchev–Trinajstić information content (AvgIpc) is 2.29. The Bertz CT molecular complexity index is 299. The average molecular weight is 237 g/mol. The molecule has 0 aliphatic rings. The molecular formula is C14H23NS. The van der Waals surface area contributed by atoms with Crippen molar-refractivity contribution in [2.24, 2.45) is 0 Å². The molecule has 16 heavy (non-hydrogen) atoms. The van der Waals surface area contributed by atoms with Gasteiger partial charge in [-0.1, -0.05) is 32.3 Å². The van der Waals surface area contributed by atoms with Gasteiger partial charge in [-0.2, -0.15) is 0 Å². The SMILES string of the molecule is CCCCCC(C)Nc1cccc(SC)c1. The number of anilines is 1. The number of hydrogen-bond acceptors (Lipinski definition) is 2. The highest BCUT2D eigenvalue weighted by Gasteiger charge is 2.01. The molecule has 1 unspecified atom stereocenters. The molecule has 1 aromatic rings. The van der Waals surface area contributed by atoms with E-state index in [0.29, 0.717) is 6.04 Å². The van der Waals surface area contributed by atoms with Crippen molar-refractivity contribution in [1.29, 1.82) is 0 Å². The Balaban J connectivity index is 2.39. The second-order valence-electron chi connectivity index (χ2n) is 4.27. The van der Waals surface area contributed by atoms with E-state index in [2.05, 4.69) is 49.7 Å². The highest BCUT2D eigenvalue weighted by molar-refractivity contribution is 7.98. The maximum atomic E-state index is 3.56. The van der Waals surface area contributed by atoms with Crippen LogP contribution in [0.1, 0.15) is 39.5 Å². The lowest BCUT2D eigenvalue weighted by molar-refractivity contribution is 0.615. The highest BCUT2D eigenvalue weighted by Crippen LogP contribution is 2.20. The minimum Gasteiger partial charge on any atom is -0.383 e. The fourth-order valence-electron chi connectivity index (χ4n) is 1.77. The quantitative estimate of drug-likeness (QED) is 0.540. The molecule has 0 aliphatic heterocycles. The summed E-state index contributed by atoms with van der Waals surface area (Å²) >= 11 is 1.79. The first kappa shape index (κ1) is 13.4. The lowest BCUT2D eigenvalue weighted by Crippen LogP contribution is -2.14. The van der Waals surface area contributed by atoms with Crippen molar-refractivity contribution >= 4 is 17.4 Å². The van der Waals surface area contributed by atoms with E-state index < -0.39 is 0 Å². The van der Waals surface area contributed by atoms with E-state index in [1.807, 2.05) is 0 Å². The van der Waals surface area contributed by atoms with Gasteiger partial charge >= 0.3 is 0 Å². The van der Waals surface area contributed by atoms with Crippen LogP contribution in [0.4, 0.5) is 5.69 Å². The lowest BCUT2D eigenvalue weighted by Gasteiger charge is -2.15. The van der Waals surface area contributed by atoms with E-state index in [-0.39, 0.29) is 0 Å². The molecule has 90 valence electrons. The van der Waals surface area contributed by atoms with Gasteiger partial charge in [-0.25, -0.2) is 0 Å². The molecule has 1 rings (SSSR count). The second kappa shape index (κ2) is 7.61. The van der Waals surface area contributed by atoms with Crippen molar-refractivity contribution in [3.05, 3.63) is 24.3 Å². The maximum Gasteiger partial charge on any atom is 0.0353 e. The van der Waals surface area contributed by atoms with Gasteiger partial charge in [-0.05, 0) is 37.8 Å². The molecule has 0 bridgehead atoms. The normalized spacial score (nSPS) is 12.4. The zero-order valence-electron chi connectivity index (χ0n) is 10.6. The first-order chi connectivity index (χ1) is 7.76. The third kappa shape index (κ3) is 4.93. The zero-order chi connectivity index (χ0) is 11.8. The molecule has 1 nitrogen and oxygen atoms in total. The Kier molecular flexibility index (Phi) is 6.39. The van der Waals surface area contributed by atoms with Crippen molar-refractivity contribution in [1.82, 2.24) is 0 Å². The van der Waals surface area contributed by atoms with E-state index in [0.717, 1.165) is 0 Å². The molecule has 0 saturated carbocycles. The largest absolute Gasteiger partial charge is 0.383 e. The van der Waals surface area contributed by atoms with E-state index in [1.54, 1.807) is 11.8 Å². The van der Waals surface area contributed by atoms with Crippen molar-refractivity contribution < 1.29 is 0 Å². The fraction of sp³-hybridized carbons (Fsp3) is 0.571. The van der Waals surface area contributed by atoms with Crippen LogP contribution in [-0.4, -0.2) is 12.3 Å². The number of hydrogen-bond donors (Lipinski definition) is 1. The van der Waals surface area contributed by atoms with Gasteiger partial charge in [-0.15, -0.1) is 11.8 Å². The first-order valence-corrected chi connectivity index (χ1v) is 7.39. The smallest absolute Gasteiger partial charge is 0.0353 e. The van der Waals surface area contributed by atoms with Crippen molar-refractivity contribution in [2.45, 2.75) is 50.5 Å². The summed E-state index contributed by atoms with van der Waals surface area (Å²) in [5.74, 6) is 0. The molecule has 2 heteroatoms. The van der Waals surface area contributed by atoms with Crippen LogP contribution in [0.15, 0.2) is 29.2 Å². The Morgan fingerprint density at radius 3 is 2.81 bits per heavy atom. The third-order valence-corrected chi connectivity index (χ3v) is 3.45. The summed E-state index contributed by atoms with van der Waals surface area (Å²) in [5, 5.41) is 3.56. The van der Waals surface area contributed by atoms with Crippen LogP contribution < -0.4 is 5.32 Å². The van der Waals surface area contributed by atoms with Crippen molar-refractivity contribution in [2.75, 3.05) is 11.6 Å². The molecular weight excluding hydrogens is 214 g/mol. The van der Waals surface area contributed by atoms with Gasteiger partial charge in [0.15, 0.2) is 0 Å². The number of thioether (sulfide) groups is 1. The summed E-state index contributed by atoms with van der Waals surface area (Å²) < 4.78 is 0. The Labute approximate surface area is 104 Å². The van der Waals surface area contributed by atoms with E-state index in [1.165, 1.54) is 36.3 Å². The van der Waals surface area contributed by atoms with Crippen LogP contribution in [0, 0.1) is 0 Å². The van der Waals surface area contributed by atoms with Gasteiger partial charge in [0, 0.05) is 16.6 Å². The first-order valence-electron chi connectivity index (χ1n) is 6.17. The topological polar surface area (TPSA) is 12.0 Å². The van der Waals surface area contributed by atoms with Gasteiger partial charge in [0.1, 0.15) is 0 Å². The fourth-order valence-corrected chi connectivity index (χ4v) is 2.23. The molecule has 1 aromatic carbocycles. The molecule has 0 radical (unpaired) electrons. The van der Waals surface area contributed by atoms with Gasteiger partial charge in [0.25, 0.3) is 0 Å². The van der Waals surface area contributed by atoms with E-state index in [9.17, 15) is 0 Å². The maximum absolute atomic E-state index is 3.56. The van der Waals surface area contributed by atoms with E-state index >= 15 is 0 Å². The number of nitrogens with one attached hydrogen (secondary N) is 1. The summed E-state index contributed by atoms with van der Waals surface area (Å²) in [6.45, 7) is 4.52. The van der Waals surface area contributed by atoms with E-state index in [4.69, 9.17) is 0 Å². The predicted molar refractivity (Wildman–Crippen MR) is 75.4 cm³/mol. The van der Waals surface area contributed by atoms with Gasteiger partial charge in [-0.3, -0.25) is 0 Å². The lowest BCUT2D eigenvalue weighted by atomic mass is 10.1. The van der Waals surface area contributed by atoms with Gasteiger partial charge in [0.2, 0.25) is 0 Å². The third-order valence-electron chi connectivity index (χ3n) is 2.72. The molecule has 0 aromatic heterocycles. The summed E-state index contributed by atoms with van der Waals surface area (Å²) in [5.41, 5.74) is 1.25. The van der Waals surface area contributed by atoms with Gasteiger partial charge in [0.05, 0.1) is 0 Å². The zero-order valence-corrected chi connectivity index (χ0v) is 11.4. The van der Waals surface area contributed by atoms with Crippen LogP contribution in [0.5, 0.6) is 0 Å². The molecule has 0 fully saturated rings. The molecule has 0 spiro atoms. The highest BCUT2D eigenvalue weighted by atomic mass is 32.2. The molecule has 0 heterocycles. The Hall–Kier alpha value is -0.630. The van der Waals surface area contributed by atoms with Gasteiger partial charge < -0.3 is 5.32 Å². The monoisotopic (exact) mass is 237 g/mol. The van der Waals surface area contributed by atoms with Crippen molar-refractivity contribution in [3.8, 4) is 0 Å². The number of unbranched alkanes of at least 4 members (excludes halogenated alkanes) is 2. The molecule has 1 atom stereocenters. The summed E-state index contributed by atoms with van der Waals surface area (Å²) in [6.07, 6.45) is 7.35. The van der Waals surface area contributed by atoms with Crippen LogP contribution in [0.2, 0.25) is 0 Å². The number of rotatable bonds is 7. The van der Waals surface area contributed by atoms with Crippen LogP contribution in [-0.2, 0) is 0 Å². The minimum atomic E-state index is 0.573. The van der Waals surface area contributed by atoms with Crippen LogP contribution >= 0.6 is 11.8 Å². The molecule has 0 amide bonds. The van der Waals surface area contributed by atoms with Crippen LogP contribution in [0.3, 0.4) is 0 Å². The van der Waals surface area contributed by atoms with Crippen molar-refractivity contribution in [3.63, 3.8) is 0 Å². The summed E-state index contributed by atoms with van der Waals surface area (Å²) in [6, 6.07) is 9.21. The van der Waals surface area contributed by atoms with Crippen LogP contribution in [0.25, 0.3) is 0 Å². The Morgan fingerprint density at radius 1 is 1.31 bits per heavy atom. The minimum absolute atomic E-state index is 0.573.